The normalized spacial score (nSPS) is 32.6. The Hall–Kier alpha value is -1.25. The predicted molar refractivity (Wildman–Crippen MR) is 83.2 cm³/mol. The fraction of sp³-hybridized carbons (Fsp3) is 0.706. The molecule has 3 atom stereocenters. The van der Waals surface area contributed by atoms with Crippen molar-refractivity contribution in [1.29, 1.82) is 0 Å². The van der Waals surface area contributed by atoms with Crippen LogP contribution in [-0.2, 0) is 0 Å². The van der Waals surface area contributed by atoms with E-state index >= 15 is 0 Å². The van der Waals surface area contributed by atoms with Crippen LogP contribution in [0.25, 0.3) is 0 Å². The van der Waals surface area contributed by atoms with Gasteiger partial charge in [0.05, 0.1) is 11.9 Å². The highest BCUT2D eigenvalue weighted by molar-refractivity contribution is 5.49. The molecule has 0 amide bonds. The Labute approximate surface area is 121 Å². The van der Waals surface area contributed by atoms with Crippen LogP contribution in [-0.4, -0.2) is 24.1 Å². The zero-order valence-electron chi connectivity index (χ0n) is 12.2. The maximum absolute atomic E-state index is 4.67. The molecular formula is C17H25N3. The summed E-state index contributed by atoms with van der Waals surface area (Å²) in [5.41, 5.74) is 1.21. The van der Waals surface area contributed by atoms with Crippen LogP contribution in [0.2, 0.25) is 0 Å². The smallest absolute Gasteiger partial charge is 0.128 e. The molecule has 0 aromatic carbocycles. The first-order valence-electron chi connectivity index (χ1n) is 8.36. The van der Waals surface area contributed by atoms with Crippen molar-refractivity contribution in [1.82, 2.24) is 4.98 Å². The Balaban J connectivity index is 1.39. The number of piperidine rings is 1. The van der Waals surface area contributed by atoms with Crippen LogP contribution in [0.3, 0.4) is 0 Å². The molecule has 3 nitrogen and oxygen atoms in total. The molecule has 1 saturated heterocycles. The van der Waals surface area contributed by atoms with Crippen LogP contribution in [0.5, 0.6) is 0 Å². The van der Waals surface area contributed by atoms with Crippen LogP contribution < -0.4 is 10.2 Å². The van der Waals surface area contributed by atoms with Crippen LogP contribution in [0.4, 0.5) is 11.5 Å². The Morgan fingerprint density at radius 2 is 1.95 bits per heavy atom. The third-order valence-electron chi connectivity index (χ3n) is 5.52. The molecule has 20 heavy (non-hydrogen) atoms. The standard InChI is InChI=1S/C17H25N3/c1-2-8-20(9-3-1)17-7-6-15(12-18-17)19-16-11-13-4-5-14(16)10-13/h6-7,12-14,16,19H,1-5,8-11H2. The van der Waals surface area contributed by atoms with Gasteiger partial charge in [0.2, 0.25) is 0 Å². The van der Waals surface area contributed by atoms with E-state index in [0.717, 1.165) is 17.7 Å². The Kier molecular flexibility index (Phi) is 3.29. The van der Waals surface area contributed by atoms with Gasteiger partial charge in [-0.1, -0.05) is 6.42 Å². The summed E-state index contributed by atoms with van der Waals surface area (Å²) in [7, 11) is 0. The minimum atomic E-state index is 0.705. The van der Waals surface area contributed by atoms with Gasteiger partial charge in [-0.25, -0.2) is 4.98 Å². The Morgan fingerprint density at radius 1 is 1.05 bits per heavy atom. The highest BCUT2D eigenvalue weighted by Crippen LogP contribution is 2.45. The molecule has 1 N–H and O–H groups in total. The summed E-state index contributed by atoms with van der Waals surface area (Å²) in [6.45, 7) is 2.35. The molecule has 1 aromatic heterocycles. The lowest BCUT2D eigenvalue weighted by Crippen LogP contribution is -2.30. The molecule has 3 heteroatoms. The second-order valence-electron chi connectivity index (χ2n) is 6.88. The summed E-state index contributed by atoms with van der Waals surface area (Å²) in [5.74, 6) is 3.07. The molecule has 3 unspecified atom stereocenters. The summed E-state index contributed by atoms with van der Waals surface area (Å²) in [5, 5.41) is 3.72. The molecule has 108 valence electrons. The van der Waals surface area contributed by atoms with Crippen molar-refractivity contribution < 1.29 is 0 Å². The van der Waals surface area contributed by atoms with Gasteiger partial charge in [0.15, 0.2) is 0 Å². The first kappa shape index (κ1) is 12.5. The number of fused-ring (bicyclic) bond motifs is 2. The van der Waals surface area contributed by atoms with Gasteiger partial charge >= 0.3 is 0 Å². The quantitative estimate of drug-likeness (QED) is 0.909. The lowest BCUT2D eigenvalue weighted by molar-refractivity contribution is 0.439. The molecular weight excluding hydrogens is 246 g/mol. The maximum Gasteiger partial charge on any atom is 0.128 e. The molecule has 2 heterocycles. The third kappa shape index (κ3) is 2.38. The van der Waals surface area contributed by atoms with Crippen LogP contribution >= 0.6 is 0 Å². The maximum atomic E-state index is 4.67. The van der Waals surface area contributed by atoms with Crippen LogP contribution in [0, 0.1) is 11.8 Å². The number of nitrogens with one attached hydrogen (secondary N) is 1. The topological polar surface area (TPSA) is 28.2 Å². The van der Waals surface area contributed by atoms with E-state index in [1.54, 1.807) is 0 Å². The van der Waals surface area contributed by atoms with Crippen molar-refractivity contribution in [3.8, 4) is 0 Å². The zero-order valence-corrected chi connectivity index (χ0v) is 12.2. The van der Waals surface area contributed by atoms with E-state index in [0.29, 0.717) is 6.04 Å². The van der Waals surface area contributed by atoms with Gasteiger partial charge in [-0.05, 0) is 62.5 Å². The van der Waals surface area contributed by atoms with Gasteiger partial charge in [0.1, 0.15) is 5.82 Å². The number of hydrogen-bond donors (Lipinski definition) is 1. The molecule has 2 saturated carbocycles. The van der Waals surface area contributed by atoms with Crippen molar-refractivity contribution in [2.75, 3.05) is 23.3 Å². The Bertz CT molecular complexity index is 450. The molecule has 3 aliphatic rings. The summed E-state index contributed by atoms with van der Waals surface area (Å²) >= 11 is 0. The summed E-state index contributed by atoms with van der Waals surface area (Å²) in [6.07, 6.45) is 11.8. The SMILES string of the molecule is c1cc(N2CCCCC2)ncc1NC1CC2CCC1C2. The molecule has 2 bridgehead atoms. The molecule has 0 spiro atoms. The van der Waals surface area contributed by atoms with Crippen LogP contribution in [0.15, 0.2) is 18.3 Å². The highest BCUT2D eigenvalue weighted by atomic mass is 15.2. The number of rotatable bonds is 3. The summed E-state index contributed by atoms with van der Waals surface area (Å²) in [6, 6.07) is 5.13. The fourth-order valence-corrected chi connectivity index (χ4v) is 4.42. The average molecular weight is 271 g/mol. The fourth-order valence-electron chi connectivity index (χ4n) is 4.42. The average Bonchev–Trinajstić information content (AvgIpc) is 3.12. The van der Waals surface area contributed by atoms with Gasteiger partial charge in [0.25, 0.3) is 0 Å². The van der Waals surface area contributed by atoms with E-state index in [2.05, 4.69) is 27.3 Å². The van der Waals surface area contributed by atoms with E-state index in [-0.39, 0.29) is 0 Å². The van der Waals surface area contributed by atoms with Crippen molar-refractivity contribution in [2.24, 2.45) is 11.8 Å². The predicted octanol–water partition coefficient (Wildman–Crippen LogP) is 3.67. The summed E-state index contributed by atoms with van der Waals surface area (Å²) in [4.78, 5) is 7.09. The monoisotopic (exact) mass is 271 g/mol. The molecule has 4 rings (SSSR count). The van der Waals surface area contributed by atoms with Crippen molar-refractivity contribution in [3.63, 3.8) is 0 Å². The van der Waals surface area contributed by atoms with Gasteiger partial charge in [-0.2, -0.15) is 0 Å². The van der Waals surface area contributed by atoms with E-state index in [4.69, 9.17) is 0 Å². The van der Waals surface area contributed by atoms with Gasteiger partial charge < -0.3 is 10.2 Å². The van der Waals surface area contributed by atoms with E-state index in [1.165, 1.54) is 63.7 Å². The van der Waals surface area contributed by atoms with E-state index in [9.17, 15) is 0 Å². The number of pyridine rings is 1. The first-order chi connectivity index (χ1) is 9.88. The molecule has 3 fully saturated rings. The van der Waals surface area contributed by atoms with Crippen molar-refractivity contribution in [3.05, 3.63) is 18.3 Å². The molecule has 1 aromatic rings. The Morgan fingerprint density at radius 3 is 2.60 bits per heavy atom. The first-order valence-corrected chi connectivity index (χ1v) is 8.36. The third-order valence-corrected chi connectivity index (χ3v) is 5.52. The van der Waals surface area contributed by atoms with Gasteiger partial charge in [-0.15, -0.1) is 0 Å². The highest BCUT2D eigenvalue weighted by Gasteiger charge is 2.39. The van der Waals surface area contributed by atoms with Gasteiger partial charge in [-0.3, -0.25) is 0 Å². The lowest BCUT2D eigenvalue weighted by atomic mass is 9.95. The van der Waals surface area contributed by atoms with Crippen molar-refractivity contribution in [2.45, 2.75) is 51.0 Å². The second kappa shape index (κ2) is 5.27. The number of anilines is 2. The summed E-state index contributed by atoms with van der Waals surface area (Å²) < 4.78 is 0. The number of hydrogen-bond acceptors (Lipinski definition) is 3. The van der Waals surface area contributed by atoms with Crippen molar-refractivity contribution >= 4 is 11.5 Å². The van der Waals surface area contributed by atoms with E-state index < -0.39 is 0 Å². The number of nitrogens with zero attached hydrogens (tertiary/aromatic N) is 2. The lowest BCUT2D eigenvalue weighted by Gasteiger charge is -2.28. The minimum Gasteiger partial charge on any atom is -0.381 e. The largest absolute Gasteiger partial charge is 0.381 e. The molecule has 2 aliphatic carbocycles. The van der Waals surface area contributed by atoms with Crippen LogP contribution in [0.1, 0.15) is 44.9 Å². The minimum absolute atomic E-state index is 0.705. The molecule has 0 radical (unpaired) electrons. The number of aromatic nitrogens is 1. The zero-order chi connectivity index (χ0) is 13.4. The van der Waals surface area contributed by atoms with Gasteiger partial charge in [0, 0.05) is 19.1 Å². The second-order valence-corrected chi connectivity index (χ2v) is 6.88. The van der Waals surface area contributed by atoms with E-state index in [1.807, 2.05) is 6.20 Å². The molecule has 1 aliphatic heterocycles.